The number of Topliss-reactive ketones (excluding diaryl/α,β-unsaturated/α-hetero) is 1. The van der Waals surface area contributed by atoms with Crippen LogP contribution in [0.4, 0.5) is 4.79 Å². The molecule has 1 heterocycles. The van der Waals surface area contributed by atoms with Crippen molar-refractivity contribution < 1.29 is 32.4 Å². The number of nitrogens with zero attached hydrogens (tertiary/aromatic N) is 1. The van der Waals surface area contributed by atoms with Gasteiger partial charge in [0, 0.05) is 13.1 Å². The van der Waals surface area contributed by atoms with Gasteiger partial charge in [0.05, 0.1) is 22.1 Å². The van der Waals surface area contributed by atoms with Gasteiger partial charge in [0.25, 0.3) is 5.91 Å². The first-order chi connectivity index (χ1) is 22.5. The summed E-state index contributed by atoms with van der Waals surface area (Å²) >= 11 is 0. The molecule has 5 amide bonds. The molecule has 0 bridgehead atoms. The first-order valence-corrected chi connectivity index (χ1v) is 19.9. The molecule has 280 valence electrons. The number of fused-ring (bicyclic) bond motifs is 1. The van der Waals surface area contributed by atoms with Gasteiger partial charge in [-0.1, -0.05) is 80.6 Å². The molecule has 3 rings (SSSR count). The molecule has 2 saturated carbocycles. The second-order valence-corrected chi connectivity index (χ2v) is 20.1. The van der Waals surface area contributed by atoms with E-state index in [0.29, 0.717) is 45.2 Å². The number of sulfone groups is 1. The van der Waals surface area contributed by atoms with Crippen molar-refractivity contribution in [3.8, 4) is 0 Å². The van der Waals surface area contributed by atoms with Gasteiger partial charge in [-0.05, 0) is 69.1 Å². The van der Waals surface area contributed by atoms with Crippen LogP contribution in [0.2, 0.25) is 0 Å². The number of urea groups is 1. The van der Waals surface area contributed by atoms with Crippen molar-refractivity contribution in [2.45, 2.75) is 155 Å². The van der Waals surface area contributed by atoms with Crippen LogP contribution in [0.3, 0.4) is 0 Å². The Hall–Kier alpha value is -2.70. The number of hydrogen-bond acceptors (Lipinski definition) is 7. The minimum atomic E-state index is -3.56. The average Bonchev–Trinajstić information content (AvgIpc) is 3.30. The van der Waals surface area contributed by atoms with Gasteiger partial charge in [-0.25, -0.2) is 13.2 Å². The second kappa shape index (κ2) is 15.3. The molecule has 0 aromatic rings. The number of amides is 5. The number of carbonyl (C=O) groups excluding carboxylic acids is 5. The van der Waals surface area contributed by atoms with Crippen LogP contribution in [0.5, 0.6) is 0 Å². The zero-order chi connectivity index (χ0) is 37.2. The van der Waals surface area contributed by atoms with E-state index in [1.165, 1.54) is 4.90 Å². The molecule has 12 nitrogen and oxygen atoms in total. The fourth-order valence-corrected chi connectivity index (χ4v) is 9.09. The molecule has 0 radical (unpaired) electrons. The standard InChI is InChI=1S/C36H63N5O7S/c1-11-13-17-24(27(42)30(44)37-20-12-2)38-29(43)26-25-23(35(25,9)10)21-41(26)31(45)28(33(3,4)5)39-32(46)40-36(18-15-14-16-19-36)22-49(47,48)34(6,7)8/h23-26,28H,11-22H2,1-10H3,(H,37,44)(H,38,43)(H2,39,40,46)/t23-,24?,25?,26-,28+/m0/s1. The predicted molar refractivity (Wildman–Crippen MR) is 190 cm³/mol. The lowest BCUT2D eigenvalue weighted by molar-refractivity contribution is -0.145. The van der Waals surface area contributed by atoms with E-state index < -0.39 is 73.2 Å². The lowest BCUT2D eigenvalue weighted by atomic mass is 9.83. The molecule has 2 aliphatic carbocycles. The Morgan fingerprint density at radius 2 is 1.51 bits per heavy atom. The predicted octanol–water partition coefficient (Wildman–Crippen LogP) is 3.87. The van der Waals surface area contributed by atoms with Crippen molar-refractivity contribution in [2.75, 3.05) is 18.8 Å². The molecule has 1 saturated heterocycles. The Morgan fingerprint density at radius 1 is 0.898 bits per heavy atom. The van der Waals surface area contributed by atoms with Crippen LogP contribution in [0, 0.1) is 22.7 Å². The van der Waals surface area contributed by atoms with Gasteiger partial charge in [0.15, 0.2) is 9.84 Å². The van der Waals surface area contributed by atoms with Crippen molar-refractivity contribution in [3.05, 3.63) is 0 Å². The van der Waals surface area contributed by atoms with E-state index >= 15 is 0 Å². The quantitative estimate of drug-likeness (QED) is 0.198. The minimum absolute atomic E-state index is 0.0624. The Kier molecular flexibility index (Phi) is 12.7. The molecule has 13 heteroatoms. The maximum Gasteiger partial charge on any atom is 0.315 e. The lowest BCUT2D eigenvalue weighted by Gasteiger charge is -2.41. The SMILES string of the molecule is CCCCC(NC(=O)[C@@H]1C2[C@H](CN1C(=O)[C@@H](NC(=O)NC1(CS(=O)(=O)C(C)(C)C)CCCCC1)C(C)(C)C)C2(C)C)C(=O)C(=O)NCCC. The summed E-state index contributed by atoms with van der Waals surface area (Å²) in [5.74, 6) is -2.60. The Bertz CT molecular complexity index is 1360. The van der Waals surface area contributed by atoms with Gasteiger partial charge in [-0.2, -0.15) is 0 Å². The first kappa shape index (κ1) is 40.7. The van der Waals surface area contributed by atoms with Gasteiger partial charge < -0.3 is 26.2 Å². The maximum atomic E-state index is 14.4. The van der Waals surface area contributed by atoms with Crippen LogP contribution < -0.4 is 21.3 Å². The van der Waals surface area contributed by atoms with Crippen molar-refractivity contribution in [2.24, 2.45) is 22.7 Å². The van der Waals surface area contributed by atoms with E-state index in [-0.39, 0.29) is 23.0 Å². The highest BCUT2D eigenvalue weighted by atomic mass is 32.2. The molecule has 49 heavy (non-hydrogen) atoms. The molecule has 5 atom stereocenters. The van der Waals surface area contributed by atoms with Crippen LogP contribution in [0.15, 0.2) is 0 Å². The van der Waals surface area contributed by atoms with E-state index in [1.54, 1.807) is 20.8 Å². The van der Waals surface area contributed by atoms with E-state index in [2.05, 4.69) is 35.1 Å². The van der Waals surface area contributed by atoms with Gasteiger partial charge in [-0.15, -0.1) is 0 Å². The van der Waals surface area contributed by atoms with Crippen LogP contribution in [0.25, 0.3) is 0 Å². The first-order valence-electron chi connectivity index (χ1n) is 18.3. The van der Waals surface area contributed by atoms with Gasteiger partial charge in [-0.3, -0.25) is 19.2 Å². The summed E-state index contributed by atoms with van der Waals surface area (Å²) in [4.78, 5) is 69.5. The summed E-state index contributed by atoms with van der Waals surface area (Å²) in [5.41, 5.74) is -1.91. The highest BCUT2D eigenvalue weighted by Gasteiger charge is 2.70. The Labute approximate surface area is 294 Å². The molecule has 3 aliphatic rings. The zero-order valence-electron chi connectivity index (χ0n) is 31.6. The molecule has 0 aromatic heterocycles. The van der Waals surface area contributed by atoms with Crippen molar-refractivity contribution in [3.63, 3.8) is 0 Å². The van der Waals surface area contributed by atoms with E-state index in [4.69, 9.17) is 0 Å². The summed E-state index contributed by atoms with van der Waals surface area (Å²) in [6, 6.07) is -3.53. The van der Waals surface area contributed by atoms with Crippen molar-refractivity contribution >= 4 is 39.4 Å². The third kappa shape index (κ3) is 9.35. The molecule has 4 N–H and O–H groups in total. The number of piperidine rings is 1. The Morgan fingerprint density at radius 3 is 2.04 bits per heavy atom. The fourth-order valence-electron chi connectivity index (χ4n) is 7.57. The summed E-state index contributed by atoms with van der Waals surface area (Å²) in [6.07, 6.45) is 5.93. The van der Waals surface area contributed by atoms with Crippen LogP contribution >= 0.6 is 0 Å². The average molecular weight is 710 g/mol. The summed E-state index contributed by atoms with van der Waals surface area (Å²) in [7, 11) is -3.56. The number of ketones is 1. The zero-order valence-corrected chi connectivity index (χ0v) is 32.4. The van der Waals surface area contributed by atoms with Crippen molar-refractivity contribution in [1.29, 1.82) is 0 Å². The number of carbonyl (C=O) groups is 5. The molecule has 2 unspecified atom stereocenters. The lowest BCUT2D eigenvalue weighted by Crippen LogP contribution is -2.64. The van der Waals surface area contributed by atoms with Gasteiger partial charge >= 0.3 is 6.03 Å². The monoisotopic (exact) mass is 709 g/mol. The van der Waals surface area contributed by atoms with Gasteiger partial charge in [0.1, 0.15) is 12.1 Å². The molecule has 0 spiro atoms. The van der Waals surface area contributed by atoms with Gasteiger partial charge in [0.2, 0.25) is 17.6 Å². The van der Waals surface area contributed by atoms with E-state index in [1.807, 2.05) is 34.6 Å². The highest BCUT2D eigenvalue weighted by molar-refractivity contribution is 7.92. The largest absolute Gasteiger partial charge is 0.349 e. The molecular weight excluding hydrogens is 646 g/mol. The molecule has 1 aliphatic heterocycles. The smallest absolute Gasteiger partial charge is 0.315 e. The highest BCUT2D eigenvalue weighted by Crippen LogP contribution is 2.65. The number of hydrogen-bond donors (Lipinski definition) is 4. The summed E-state index contributed by atoms with van der Waals surface area (Å²) < 4.78 is 25.6. The van der Waals surface area contributed by atoms with E-state index in [0.717, 1.165) is 25.7 Å². The summed E-state index contributed by atoms with van der Waals surface area (Å²) in [5, 5.41) is 11.3. The number of unbranched alkanes of at least 4 members (excludes halogenated alkanes) is 1. The van der Waals surface area contributed by atoms with Crippen LogP contribution in [0.1, 0.15) is 127 Å². The van der Waals surface area contributed by atoms with Crippen molar-refractivity contribution in [1.82, 2.24) is 26.2 Å². The normalized spacial score (nSPS) is 24.2. The number of likely N-dealkylation sites (tertiary alicyclic amines) is 1. The molecular formula is C36H63N5O7S. The number of rotatable bonds is 14. The molecule has 0 aromatic carbocycles. The number of nitrogens with one attached hydrogen (secondary N) is 4. The fraction of sp³-hybridized carbons (Fsp3) is 0.861. The van der Waals surface area contributed by atoms with Crippen LogP contribution in [-0.4, -0.2) is 90.1 Å². The molecule has 3 fully saturated rings. The third-order valence-electron chi connectivity index (χ3n) is 11.0. The van der Waals surface area contributed by atoms with Crippen LogP contribution in [-0.2, 0) is 29.0 Å². The minimum Gasteiger partial charge on any atom is -0.349 e. The second-order valence-electron chi connectivity index (χ2n) is 17.3. The Balaban J connectivity index is 1.86. The topological polar surface area (TPSA) is 171 Å². The summed E-state index contributed by atoms with van der Waals surface area (Å²) in [6.45, 7) is 19.1. The third-order valence-corrected chi connectivity index (χ3v) is 13.8. The van der Waals surface area contributed by atoms with E-state index in [9.17, 15) is 32.4 Å². The maximum absolute atomic E-state index is 14.4.